The molecule has 0 radical (unpaired) electrons. The molecule has 0 aromatic heterocycles. The molecule has 2 unspecified atom stereocenters. The highest BCUT2D eigenvalue weighted by Crippen LogP contribution is 2.35. The average Bonchev–Trinajstić information content (AvgIpc) is 2.66. The van der Waals surface area contributed by atoms with Gasteiger partial charge in [-0.2, -0.15) is 0 Å². The van der Waals surface area contributed by atoms with Crippen LogP contribution in [0, 0.1) is 11.3 Å². The second kappa shape index (κ2) is 8.56. The molecule has 0 saturated heterocycles. The first-order valence-electron chi connectivity index (χ1n) is 9.90. The molecule has 0 amide bonds. The van der Waals surface area contributed by atoms with Crippen LogP contribution in [0.25, 0.3) is 21.5 Å². The maximum Gasteiger partial charge on any atom is 0.309 e. The number of rotatable bonds is 3. The molecule has 2 atom stereocenters. The van der Waals surface area contributed by atoms with Crippen molar-refractivity contribution in [2.45, 2.75) is 54.6 Å². The number of hydrogen-bond acceptors (Lipinski definition) is 2. The van der Waals surface area contributed by atoms with Gasteiger partial charge in [-0.25, -0.2) is 0 Å². The highest BCUT2D eigenvalue weighted by atomic mass is 16.5. The van der Waals surface area contributed by atoms with E-state index in [1.165, 1.54) is 10.8 Å². The van der Waals surface area contributed by atoms with Gasteiger partial charge < -0.3 is 4.74 Å². The second-order valence-corrected chi connectivity index (χ2v) is 7.90. The molecular formula is C25H32O2. The summed E-state index contributed by atoms with van der Waals surface area (Å²) in [5.41, 5.74) is 0.973. The van der Waals surface area contributed by atoms with E-state index in [1.807, 2.05) is 52.0 Å². The summed E-state index contributed by atoms with van der Waals surface area (Å²) in [6, 6.07) is 18.8. The Morgan fingerprint density at radius 3 is 1.74 bits per heavy atom. The Hall–Kier alpha value is -2.35. The molecule has 144 valence electrons. The van der Waals surface area contributed by atoms with Gasteiger partial charge in [-0.05, 0) is 39.9 Å². The largest absolute Gasteiger partial charge is 0.458 e. The molecule has 0 saturated carbocycles. The molecule has 0 aliphatic heterocycles. The molecule has 3 aromatic rings. The standard InChI is InChI=1S/C23H26O2.C2H6/c1-15(23(3,4)5)22(24)25-16(2)21-19-12-8-6-10-17(19)14-18-11-7-9-13-20(18)21;1-2/h6-16H,1-5H3;1-2H3. The fraction of sp³-hybridized carbons (Fsp3) is 0.400. The van der Waals surface area contributed by atoms with Crippen LogP contribution < -0.4 is 0 Å². The van der Waals surface area contributed by atoms with Crippen molar-refractivity contribution >= 4 is 27.5 Å². The summed E-state index contributed by atoms with van der Waals surface area (Å²) >= 11 is 0. The van der Waals surface area contributed by atoms with Gasteiger partial charge >= 0.3 is 5.97 Å². The fourth-order valence-corrected chi connectivity index (χ4v) is 3.18. The van der Waals surface area contributed by atoms with E-state index in [-0.39, 0.29) is 23.4 Å². The van der Waals surface area contributed by atoms with E-state index < -0.39 is 0 Å². The van der Waals surface area contributed by atoms with Crippen LogP contribution in [0.5, 0.6) is 0 Å². The third-order valence-corrected chi connectivity index (χ3v) is 5.16. The van der Waals surface area contributed by atoms with Gasteiger partial charge in [0, 0.05) is 5.56 Å². The highest BCUT2D eigenvalue weighted by molar-refractivity contribution is 6.02. The third-order valence-electron chi connectivity index (χ3n) is 5.16. The first-order chi connectivity index (χ1) is 12.8. The molecule has 2 heteroatoms. The van der Waals surface area contributed by atoms with E-state index in [0.717, 1.165) is 16.3 Å². The van der Waals surface area contributed by atoms with E-state index >= 15 is 0 Å². The lowest BCUT2D eigenvalue weighted by atomic mass is 9.82. The maximum atomic E-state index is 12.6. The number of ether oxygens (including phenoxy) is 1. The van der Waals surface area contributed by atoms with E-state index in [1.54, 1.807) is 0 Å². The van der Waals surface area contributed by atoms with Crippen LogP contribution in [0.2, 0.25) is 0 Å². The molecule has 0 aliphatic rings. The van der Waals surface area contributed by atoms with Crippen LogP contribution >= 0.6 is 0 Å². The summed E-state index contributed by atoms with van der Waals surface area (Å²) in [5, 5.41) is 4.63. The van der Waals surface area contributed by atoms with Crippen molar-refractivity contribution in [3.63, 3.8) is 0 Å². The molecule has 0 fully saturated rings. The average molecular weight is 365 g/mol. The lowest BCUT2D eigenvalue weighted by molar-refractivity contribution is -0.156. The number of esters is 1. The topological polar surface area (TPSA) is 26.3 Å². The van der Waals surface area contributed by atoms with Crippen LogP contribution in [0.1, 0.15) is 60.1 Å². The van der Waals surface area contributed by atoms with Crippen molar-refractivity contribution in [3.05, 3.63) is 60.2 Å². The maximum absolute atomic E-state index is 12.6. The van der Waals surface area contributed by atoms with Gasteiger partial charge in [0.1, 0.15) is 6.10 Å². The van der Waals surface area contributed by atoms with Gasteiger partial charge in [0.05, 0.1) is 5.92 Å². The van der Waals surface area contributed by atoms with Gasteiger partial charge in [0.2, 0.25) is 0 Å². The zero-order valence-electron chi connectivity index (χ0n) is 17.7. The third kappa shape index (κ3) is 4.50. The normalized spacial score (nSPS) is 13.6. The Kier molecular flexibility index (Phi) is 6.64. The SMILES string of the molecule is CC.CC(OC(=O)C(C)C(C)(C)C)c1c2ccccc2cc2ccccc12. The Bertz CT molecular complexity index is 864. The minimum absolute atomic E-state index is 0.113. The number of carbonyl (C=O) groups excluding carboxylic acids is 1. The van der Waals surface area contributed by atoms with Crippen LogP contribution in [0.3, 0.4) is 0 Å². The predicted octanol–water partition coefficient (Wildman–Crippen LogP) is 7.31. The van der Waals surface area contributed by atoms with Crippen molar-refractivity contribution in [2.75, 3.05) is 0 Å². The van der Waals surface area contributed by atoms with Gasteiger partial charge in [-0.1, -0.05) is 90.1 Å². The highest BCUT2D eigenvalue weighted by Gasteiger charge is 2.30. The minimum Gasteiger partial charge on any atom is -0.458 e. The van der Waals surface area contributed by atoms with Crippen molar-refractivity contribution in [2.24, 2.45) is 11.3 Å². The Labute approximate surface area is 163 Å². The Morgan fingerprint density at radius 2 is 1.30 bits per heavy atom. The first kappa shape index (κ1) is 21.0. The van der Waals surface area contributed by atoms with Gasteiger partial charge in [0.15, 0.2) is 0 Å². The van der Waals surface area contributed by atoms with Crippen molar-refractivity contribution in [3.8, 4) is 0 Å². The molecule has 0 aliphatic carbocycles. The molecule has 2 nitrogen and oxygen atoms in total. The summed E-state index contributed by atoms with van der Waals surface area (Å²) in [4.78, 5) is 12.6. The Balaban J connectivity index is 0.00000126. The Morgan fingerprint density at radius 1 is 0.852 bits per heavy atom. The molecule has 0 N–H and O–H groups in total. The van der Waals surface area contributed by atoms with E-state index in [9.17, 15) is 4.79 Å². The van der Waals surface area contributed by atoms with Crippen molar-refractivity contribution < 1.29 is 9.53 Å². The number of benzene rings is 3. The van der Waals surface area contributed by atoms with E-state index in [0.29, 0.717) is 0 Å². The van der Waals surface area contributed by atoms with E-state index in [4.69, 9.17) is 4.74 Å². The van der Waals surface area contributed by atoms with Crippen LogP contribution in [0.15, 0.2) is 54.6 Å². The molecule has 0 bridgehead atoms. The smallest absolute Gasteiger partial charge is 0.309 e. The summed E-state index contributed by atoms with van der Waals surface area (Å²) in [7, 11) is 0. The molecule has 3 aromatic carbocycles. The number of fused-ring (bicyclic) bond motifs is 2. The molecule has 0 heterocycles. The zero-order chi connectivity index (χ0) is 20.2. The van der Waals surface area contributed by atoms with Crippen molar-refractivity contribution in [1.82, 2.24) is 0 Å². The lowest BCUT2D eigenvalue weighted by Crippen LogP contribution is -2.28. The van der Waals surface area contributed by atoms with Crippen LogP contribution in [0.4, 0.5) is 0 Å². The van der Waals surface area contributed by atoms with Gasteiger partial charge in [-0.3, -0.25) is 4.79 Å². The molecule has 0 spiro atoms. The quantitative estimate of drug-likeness (QED) is 0.360. The van der Waals surface area contributed by atoms with Crippen LogP contribution in [-0.4, -0.2) is 5.97 Å². The minimum atomic E-state index is -0.298. The van der Waals surface area contributed by atoms with Crippen molar-refractivity contribution in [1.29, 1.82) is 0 Å². The number of carbonyl (C=O) groups is 1. The second-order valence-electron chi connectivity index (χ2n) is 7.90. The molecule has 3 rings (SSSR count). The van der Waals surface area contributed by atoms with Crippen LogP contribution in [-0.2, 0) is 9.53 Å². The van der Waals surface area contributed by atoms with Gasteiger partial charge in [-0.15, -0.1) is 0 Å². The summed E-state index contributed by atoms with van der Waals surface area (Å²) in [6.45, 7) is 14.1. The van der Waals surface area contributed by atoms with E-state index in [2.05, 4.69) is 51.1 Å². The summed E-state index contributed by atoms with van der Waals surface area (Å²) < 4.78 is 5.90. The number of hydrogen-bond donors (Lipinski definition) is 0. The van der Waals surface area contributed by atoms with Gasteiger partial charge in [0.25, 0.3) is 0 Å². The predicted molar refractivity (Wildman–Crippen MR) is 116 cm³/mol. The summed E-state index contributed by atoms with van der Waals surface area (Å²) in [6.07, 6.45) is -0.298. The molecule has 27 heavy (non-hydrogen) atoms. The monoisotopic (exact) mass is 364 g/mol. The summed E-state index contributed by atoms with van der Waals surface area (Å²) in [5.74, 6) is -0.298. The zero-order valence-corrected chi connectivity index (χ0v) is 17.7. The molecular weight excluding hydrogens is 332 g/mol. The first-order valence-corrected chi connectivity index (χ1v) is 9.90. The lowest BCUT2D eigenvalue weighted by Gasteiger charge is -2.27. The fourth-order valence-electron chi connectivity index (χ4n) is 3.18.